The molecule has 1 N–H and O–H groups in total. The van der Waals surface area contributed by atoms with Gasteiger partial charge in [0, 0.05) is 0 Å². The molecule has 0 heterocycles. The van der Waals surface area contributed by atoms with Gasteiger partial charge in [-0.2, -0.15) is 57.1 Å². The third-order valence-electron chi connectivity index (χ3n) is 2.40. The van der Waals surface area contributed by atoms with Crippen LogP contribution >= 0.6 is 0 Å². The van der Waals surface area contributed by atoms with Gasteiger partial charge in [0.15, 0.2) is 0 Å². The van der Waals surface area contributed by atoms with Crippen molar-refractivity contribution in [3.8, 4) is 0 Å². The molecule has 0 saturated heterocycles. The predicted octanol–water partition coefficient (Wildman–Crippen LogP) is 3.94. The first-order valence-electron chi connectivity index (χ1n) is 4.91. The fraction of sp³-hybridized carbons (Fsp3) is 1.00. The van der Waals surface area contributed by atoms with Crippen LogP contribution in [0.4, 0.5) is 57.1 Å². The summed E-state index contributed by atoms with van der Waals surface area (Å²) < 4.78 is 162. The standard InChI is InChI=1S/C8H6F13N/c1-22-2-3(9,10)4(11,12)5(13,14)6(15,16)7(17,18)8(19,20)21/h22H,2H2,1H3. The van der Waals surface area contributed by atoms with Crippen molar-refractivity contribution in [2.45, 2.75) is 35.8 Å². The highest BCUT2D eigenvalue weighted by Gasteiger charge is 2.90. The van der Waals surface area contributed by atoms with Gasteiger partial charge in [0.1, 0.15) is 0 Å². The second kappa shape index (κ2) is 5.30. The van der Waals surface area contributed by atoms with E-state index in [1.807, 2.05) is 0 Å². The summed E-state index contributed by atoms with van der Waals surface area (Å²) in [5.41, 5.74) is 0. The highest BCUT2D eigenvalue weighted by Crippen LogP contribution is 2.60. The smallest absolute Gasteiger partial charge is 0.314 e. The zero-order valence-corrected chi connectivity index (χ0v) is 10.1. The maximum atomic E-state index is 12.9. The topological polar surface area (TPSA) is 12.0 Å². The van der Waals surface area contributed by atoms with Gasteiger partial charge in [-0.25, -0.2) is 0 Å². The molecule has 0 aromatic rings. The van der Waals surface area contributed by atoms with E-state index in [0.29, 0.717) is 7.05 Å². The molecule has 0 atom stereocenters. The van der Waals surface area contributed by atoms with Gasteiger partial charge in [0.2, 0.25) is 0 Å². The Hall–Kier alpha value is -0.950. The molecule has 0 bridgehead atoms. The molecule has 0 aliphatic carbocycles. The molecule has 134 valence electrons. The van der Waals surface area contributed by atoms with Gasteiger partial charge >= 0.3 is 35.8 Å². The Morgan fingerprint density at radius 3 is 1.14 bits per heavy atom. The number of nitrogens with one attached hydrogen (secondary N) is 1. The third-order valence-corrected chi connectivity index (χ3v) is 2.40. The lowest BCUT2D eigenvalue weighted by molar-refractivity contribution is -0.439. The second-order valence-corrected chi connectivity index (χ2v) is 4.03. The number of alkyl halides is 13. The molecule has 0 rings (SSSR count). The molecule has 0 aromatic carbocycles. The molecule has 0 saturated carbocycles. The SMILES string of the molecule is CNCC(F)(F)C(F)(F)C(F)(F)C(F)(F)C(F)(F)C(F)(F)F. The quantitative estimate of drug-likeness (QED) is 0.705. The van der Waals surface area contributed by atoms with Gasteiger partial charge in [-0.3, -0.25) is 0 Å². The van der Waals surface area contributed by atoms with Crippen molar-refractivity contribution < 1.29 is 57.1 Å². The molecule has 0 aromatic heterocycles. The molecule has 14 heteroatoms. The van der Waals surface area contributed by atoms with Crippen molar-refractivity contribution in [3.63, 3.8) is 0 Å². The minimum Gasteiger partial charge on any atom is -0.314 e. The van der Waals surface area contributed by atoms with Gasteiger partial charge in [-0.1, -0.05) is 0 Å². The van der Waals surface area contributed by atoms with Crippen LogP contribution in [0, 0.1) is 0 Å². The Balaban J connectivity index is 6.11. The molecular formula is C8H6F13N. The Morgan fingerprint density at radius 1 is 0.545 bits per heavy atom. The monoisotopic (exact) mass is 363 g/mol. The van der Waals surface area contributed by atoms with E-state index in [9.17, 15) is 57.1 Å². The van der Waals surface area contributed by atoms with Crippen LogP contribution in [-0.2, 0) is 0 Å². The summed E-state index contributed by atoms with van der Waals surface area (Å²) in [5.74, 6) is -36.5. The predicted molar refractivity (Wildman–Crippen MR) is 44.7 cm³/mol. The molecule has 0 aliphatic heterocycles. The lowest BCUT2D eigenvalue weighted by Gasteiger charge is -2.39. The van der Waals surface area contributed by atoms with Crippen molar-refractivity contribution in [2.75, 3.05) is 13.6 Å². The summed E-state index contributed by atoms with van der Waals surface area (Å²) in [7, 11) is 0.491. The van der Waals surface area contributed by atoms with Crippen molar-refractivity contribution in [3.05, 3.63) is 0 Å². The van der Waals surface area contributed by atoms with E-state index in [1.165, 1.54) is 5.32 Å². The molecule has 0 spiro atoms. The van der Waals surface area contributed by atoms with E-state index in [4.69, 9.17) is 0 Å². The molecule has 0 aliphatic rings. The van der Waals surface area contributed by atoms with E-state index in [1.54, 1.807) is 0 Å². The molecular weight excluding hydrogens is 357 g/mol. The lowest BCUT2D eigenvalue weighted by atomic mass is 9.94. The number of hydrogen-bond donors (Lipinski definition) is 1. The first-order chi connectivity index (χ1) is 9.31. The Morgan fingerprint density at radius 2 is 0.864 bits per heavy atom. The summed E-state index contributed by atoms with van der Waals surface area (Å²) in [5, 5.41) is 1.19. The molecule has 0 fully saturated rings. The second-order valence-electron chi connectivity index (χ2n) is 4.03. The minimum atomic E-state index is -7.83. The van der Waals surface area contributed by atoms with E-state index >= 15 is 0 Å². The van der Waals surface area contributed by atoms with E-state index in [-0.39, 0.29) is 0 Å². The Labute approximate surface area is 113 Å². The van der Waals surface area contributed by atoms with Crippen LogP contribution in [0.3, 0.4) is 0 Å². The van der Waals surface area contributed by atoms with Gasteiger partial charge in [0.05, 0.1) is 6.54 Å². The zero-order chi connectivity index (χ0) is 18.4. The summed E-state index contributed by atoms with van der Waals surface area (Å²) in [4.78, 5) is 0. The van der Waals surface area contributed by atoms with Gasteiger partial charge < -0.3 is 5.32 Å². The fourth-order valence-electron chi connectivity index (χ4n) is 1.14. The number of hydrogen-bond acceptors (Lipinski definition) is 1. The zero-order valence-electron chi connectivity index (χ0n) is 10.1. The summed E-state index contributed by atoms with van der Waals surface area (Å²) in [6.07, 6.45) is -7.38. The summed E-state index contributed by atoms with van der Waals surface area (Å²) in [6.45, 7) is -2.39. The summed E-state index contributed by atoms with van der Waals surface area (Å²) >= 11 is 0. The van der Waals surface area contributed by atoms with Crippen molar-refractivity contribution >= 4 is 0 Å². The summed E-state index contributed by atoms with van der Waals surface area (Å²) in [6, 6.07) is 0. The largest absolute Gasteiger partial charge is 0.460 e. The normalized spacial score (nSPS) is 16.1. The maximum Gasteiger partial charge on any atom is 0.460 e. The van der Waals surface area contributed by atoms with Crippen molar-refractivity contribution in [2.24, 2.45) is 0 Å². The fourth-order valence-corrected chi connectivity index (χ4v) is 1.14. The van der Waals surface area contributed by atoms with Crippen LogP contribution in [0.1, 0.15) is 0 Å². The average Bonchev–Trinajstić information content (AvgIpc) is 2.26. The number of halogens is 13. The van der Waals surface area contributed by atoms with Gasteiger partial charge in [-0.05, 0) is 7.05 Å². The first-order valence-corrected chi connectivity index (χ1v) is 4.91. The lowest BCUT2D eigenvalue weighted by Crippen LogP contribution is -2.71. The van der Waals surface area contributed by atoms with Crippen LogP contribution < -0.4 is 5.32 Å². The third kappa shape index (κ3) is 2.69. The molecule has 22 heavy (non-hydrogen) atoms. The Kier molecular flexibility index (Phi) is 5.07. The van der Waals surface area contributed by atoms with Crippen LogP contribution in [0.25, 0.3) is 0 Å². The van der Waals surface area contributed by atoms with E-state index < -0.39 is 42.3 Å². The number of rotatable bonds is 6. The van der Waals surface area contributed by atoms with Crippen molar-refractivity contribution in [1.29, 1.82) is 0 Å². The maximum absolute atomic E-state index is 12.9. The van der Waals surface area contributed by atoms with Crippen LogP contribution in [0.2, 0.25) is 0 Å². The molecule has 1 nitrogen and oxygen atoms in total. The van der Waals surface area contributed by atoms with E-state index in [2.05, 4.69) is 0 Å². The average molecular weight is 363 g/mol. The van der Waals surface area contributed by atoms with Gasteiger partial charge in [0.25, 0.3) is 0 Å². The van der Waals surface area contributed by atoms with Gasteiger partial charge in [-0.15, -0.1) is 0 Å². The highest BCUT2D eigenvalue weighted by atomic mass is 19.4. The van der Waals surface area contributed by atoms with Crippen LogP contribution in [0.5, 0.6) is 0 Å². The molecule has 0 amide bonds. The van der Waals surface area contributed by atoms with Crippen LogP contribution in [0.15, 0.2) is 0 Å². The van der Waals surface area contributed by atoms with Crippen LogP contribution in [-0.4, -0.2) is 49.4 Å². The van der Waals surface area contributed by atoms with Crippen molar-refractivity contribution in [1.82, 2.24) is 5.32 Å². The Bertz CT molecular complexity index is 395. The minimum absolute atomic E-state index is 0.491. The van der Waals surface area contributed by atoms with E-state index in [0.717, 1.165) is 0 Å². The molecule has 0 unspecified atom stereocenters. The molecule has 0 radical (unpaired) electrons. The highest BCUT2D eigenvalue weighted by molar-refractivity contribution is 5.10. The first kappa shape index (κ1) is 21.0.